The van der Waals surface area contributed by atoms with E-state index in [9.17, 15) is 14.7 Å². The largest absolute Gasteiger partial charge is 0.479 e. The number of nitrogens with one attached hydrogen (secondary N) is 1. The molecule has 6 nitrogen and oxygen atoms in total. The number of hydrogen-bond acceptors (Lipinski definition) is 4. The number of benzene rings is 1. The Hall–Kier alpha value is -1.44. The van der Waals surface area contributed by atoms with Gasteiger partial charge in [0.05, 0.1) is 12.7 Å². The van der Waals surface area contributed by atoms with Crippen LogP contribution in [0.4, 0.5) is 0 Å². The monoisotopic (exact) mass is 385 g/mol. The summed E-state index contributed by atoms with van der Waals surface area (Å²) in [7, 11) is 0. The van der Waals surface area contributed by atoms with Crippen LogP contribution in [0.15, 0.2) is 28.7 Å². The number of ether oxygens (including phenoxy) is 2. The van der Waals surface area contributed by atoms with Crippen LogP contribution in [0, 0.1) is 0 Å². The number of carbonyl (C=O) groups is 2. The second-order valence-electron chi connectivity index (χ2n) is 5.44. The van der Waals surface area contributed by atoms with Gasteiger partial charge in [-0.2, -0.15) is 0 Å². The van der Waals surface area contributed by atoms with E-state index in [-0.39, 0.29) is 6.10 Å². The number of aliphatic carboxylic acids is 1. The van der Waals surface area contributed by atoms with Crippen LogP contribution in [0.25, 0.3) is 0 Å². The molecule has 2 N–H and O–H groups in total. The highest BCUT2D eigenvalue weighted by Gasteiger charge is 2.26. The maximum atomic E-state index is 12.2. The summed E-state index contributed by atoms with van der Waals surface area (Å²) >= 11 is 3.29. The lowest BCUT2D eigenvalue weighted by molar-refractivity contribution is -0.145. The maximum Gasteiger partial charge on any atom is 0.330 e. The lowest BCUT2D eigenvalue weighted by Gasteiger charge is -2.19. The topological polar surface area (TPSA) is 84.9 Å². The van der Waals surface area contributed by atoms with Crippen LogP contribution in [0.2, 0.25) is 0 Å². The predicted molar refractivity (Wildman–Crippen MR) is 87.0 cm³/mol. The molecule has 0 bridgehead atoms. The standard InChI is InChI=1S/C16H20BrNO5/c1-10(23-9-13-3-2-8-22-13)15(19)18-14(16(20)21)11-4-6-12(17)7-5-11/h4-7,10,13-14H,2-3,8-9H2,1H3,(H,18,19)(H,20,21). The molecule has 1 heterocycles. The average molecular weight is 386 g/mol. The van der Waals surface area contributed by atoms with Gasteiger partial charge in [0.2, 0.25) is 5.91 Å². The fraction of sp³-hybridized carbons (Fsp3) is 0.500. The molecule has 1 aliphatic rings. The van der Waals surface area contributed by atoms with Crippen molar-refractivity contribution in [3.05, 3.63) is 34.3 Å². The fourth-order valence-electron chi connectivity index (χ4n) is 2.31. The van der Waals surface area contributed by atoms with Crippen molar-refractivity contribution in [2.45, 2.75) is 38.0 Å². The highest BCUT2D eigenvalue weighted by atomic mass is 79.9. The van der Waals surface area contributed by atoms with Gasteiger partial charge in [0.15, 0.2) is 6.04 Å². The molecule has 7 heteroatoms. The summed E-state index contributed by atoms with van der Waals surface area (Å²) in [5.41, 5.74) is 0.500. The van der Waals surface area contributed by atoms with Gasteiger partial charge in [-0.15, -0.1) is 0 Å². The summed E-state index contributed by atoms with van der Waals surface area (Å²) in [6, 6.07) is 5.66. The van der Waals surface area contributed by atoms with Crippen LogP contribution in [-0.2, 0) is 19.1 Å². The number of carboxylic acid groups (broad SMARTS) is 1. The van der Waals surface area contributed by atoms with E-state index < -0.39 is 24.0 Å². The van der Waals surface area contributed by atoms with Gasteiger partial charge in [0.1, 0.15) is 6.10 Å². The minimum absolute atomic E-state index is 0.0204. The summed E-state index contributed by atoms with van der Waals surface area (Å²) < 4.78 is 11.8. The summed E-state index contributed by atoms with van der Waals surface area (Å²) in [6.45, 7) is 2.66. The highest BCUT2D eigenvalue weighted by Crippen LogP contribution is 2.18. The first-order chi connectivity index (χ1) is 11.0. The summed E-state index contributed by atoms with van der Waals surface area (Å²) in [5.74, 6) is -1.58. The number of amides is 1. The van der Waals surface area contributed by atoms with Crippen molar-refractivity contribution in [2.24, 2.45) is 0 Å². The van der Waals surface area contributed by atoms with Gasteiger partial charge < -0.3 is 19.9 Å². The molecule has 1 fully saturated rings. The van der Waals surface area contributed by atoms with Crippen LogP contribution in [0.3, 0.4) is 0 Å². The quantitative estimate of drug-likeness (QED) is 0.751. The third-order valence-electron chi connectivity index (χ3n) is 3.66. The smallest absolute Gasteiger partial charge is 0.330 e. The second-order valence-corrected chi connectivity index (χ2v) is 6.36. The Morgan fingerprint density at radius 2 is 2.13 bits per heavy atom. The molecule has 0 aromatic heterocycles. The fourth-order valence-corrected chi connectivity index (χ4v) is 2.57. The first kappa shape index (κ1) is 17.9. The zero-order chi connectivity index (χ0) is 16.8. The van der Waals surface area contributed by atoms with Crippen LogP contribution >= 0.6 is 15.9 Å². The van der Waals surface area contributed by atoms with Crippen molar-refractivity contribution in [1.29, 1.82) is 0 Å². The van der Waals surface area contributed by atoms with Gasteiger partial charge in [-0.25, -0.2) is 4.79 Å². The molecular weight excluding hydrogens is 366 g/mol. The van der Waals surface area contributed by atoms with E-state index in [0.717, 1.165) is 23.9 Å². The molecule has 0 saturated carbocycles. The maximum absolute atomic E-state index is 12.2. The first-order valence-corrected chi connectivity index (χ1v) is 8.28. The normalized spacial score (nSPS) is 20.0. The van der Waals surface area contributed by atoms with Crippen molar-refractivity contribution in [2.75, 3.05) is 13.2 Å². The van der Waals surface area contributed by atoms with Gasteiger partial charge in [-0.05, 0) is 37.5 Å². The van der Waals surface area contributed by atoms with Crippen molar-refractivity contribution in [3.63, 3.8) is 0 Å². The zero-order valence-electron chi connectivity index (χ0n) is 12.8. The van der Waals surface area contributed by atoms with Crippen molar-refractivity contribution in [3.8, 4) is 0 Å². The molecule has 3 unspecified atom stereocenters. The minimum Gasteiger partial charge on any atom is -0.479 e. The van der Waals surface area contributed by atoms with E-state index in [1.54, 1.807) is 31.2 Å². The van der Waals surface area contributed by atoms with Crippen molar-refractivity contribution in [1.82, 2.24) is 5.32 Å². The van der Waals surface area contributed by atoms with Gasteiger partial charge >= 0.3 is 5.97 Å². The summed E-state index contributed by atoms with van der Waals surface area (Å²) in [6.07, 6.45) is 1.20. The Morgan fingerprint density at radius 3 is 2.70 bits per heavy atom. The zero-order valence-corrected chi connectivity index (χ0v) is 14.4. The molecule has 1 saturated heterocycles. The molecule has 0 spiro atoms. The van der Waals surface area contributed by atoms with Gasteiger partial charge in [0.25, 0.3) is 0 Å². The van der Waals surface area contributed by atoms with E-state index in [2.05, 4.69) is 21.2 Å². The SMILES string of the molecule is CC(OCC1CCCO1)C(=O)NC(C(=O)O)c1ccc(Br)cc1. The Kier molecular flexibility index (Phi) is 6.56. The Morgan fingerprint density at radius 1 is 1.43 bits per heavy atom. The Balaban J connectivity index is 1.91. The highest BCUT2D eigenvalue weighted by molar-refractivity contribution is 9.10. The molecule has 2 rings (SSSR count). The molecule has 0 aliphatic carbocycles. The molecule has 1 aromatic rings. The van der Waals surface area contributed by atoms with E-state index in [1.165, 1.54) is 0 Å². The molecule has 1 aromatic carbocycles. The Bertz CT molecular complexity index is 542. The number of carbonyl (C=O) groups excluding carboxylic acids is 1. The molecule has 1 amide bonds. The molecule has 3 atom stereocenters. The Labute approximate surface area is 143 Å². The molecule has 0 radical (unpaired) electrons. The third kappa shape index (κ3) is 5.30. The molecule has 126 valence electrons. The van der Waals surface area contributed by atoms with E-state index >= 15 is 0 Å². The van der Waals surface area contributed by atoms with Gasteiger partial charge in [0, 0.05) is 11.1 Å². The van der Waals surface area contributed by atoms with Crippen LogP contribution < -0.4 is 5.32 Å². The van der Waals surface area contributed by atoms with E-state index in [1.807, 2.05) is 0 Å². The number of hydrogen-bond donors (Lipinski definition) is 2. The summed E-state index contributed by atoms with van der Waals surface area (Å²) in [5, 5.41) is 11.8. The van der Waals surface area contributed by atoms with E-state index in [0.29, 0.717) is 12.2 Å². The van der Waals surface area contributed by atoms with Gasteiger partial charge in [-0.1, -0.05) is 28.1 Å². The van der Waals surface area contributed by atoms with Crippen LogP contribution in [-0.4, -0.2) is 42.4 Å². The predicted octanol–water partition coefficient (Wildman–Crippen LogP) is 2.28. The van der Waals surface area contributed by atoms with Gasteiger partial charge in [-0.3, -0.25) is 4.79 Å². The van der Waals surface area contributed by atoms with E-state index in [4.69, 9.17) is 9.47 Å². The van der Waals surface area contributed by atoms with Crippen molar-refractivity contribution >= 4 is 27.8 Å². The molecular formula is C16H20BrNO5. The molecule has 1 aliphatic heterocycles. The molecule has 23 heavy (non-hydrogen) atoms. The lowest BCUT2D eigenvalue weighted by Crippen LogP contribution is -2.40. The summed E-state index contributed by atoms with van der Waals surface area (Å²) in [4.78, 5) is 23.6. The van der Waals surface area contributed by atoms with Crippen molar-refractivity contribution < 1.29 is 24.2 Å². The average Bonchev–Trinajstić information content (AvgIpc) is 3.04. The van der Waals surface area contributed by atoms with Crippen LogP contribution in [0.1, 0.15) is 31.4 Å². The van der Waals surface area contributed by atoms with Crippen LogP contribution in [0.5, 0.6) is 0 Å². The minimum atomic E-state index is -1.12. The number of halogens is 1. The first-order valence-electron chi connectivity index (χ1n) is 7.49. The third-order valence-corrected chi connectivity index (χ3v) is 4.19. The lowest BCUT2D eigenvalue weighted by atomic mass is 10.1. The number of carboxylic acids is 1. The second kappa shape index (κ2) is 8.42. The number of rotatable bonds is 7.